The molecule has 0 fully saturated rings. The van der Waals surface area contributed by atoms with Gasteiger partial charge in [0.2, 0.25) is 10.0 Å². The summed E-state index contributed by atoms with van der Waals surface area (Å²) in [5.41, 5.74) is 3.52. The first-order valence-corrected chi connectivity index (χ1v) is 13.3. The molecule has 0 aliphatic carbocycles. The molecule has 180 valence electrons. The molecule has 0 aliphatic rings. The Morgan fingerprint density at radius 3 is 2.54 bits per heavy atom. The van der Waals surface area contributed by atoms with Crippen LogP contribution in [0.25, 0.3) is 11.3 Å². The van der Waals surface area contributed by atoms with Gasteiger partial charge in [-0.05, 0) is 49.2 Å². The average Bonchev–Trinajstić information content (AvgIpc) is 3.30. The topological polar surface area (TPSA) is 97.4 Å². The lowest BCUT2D eigenvalue weighted by Gasteiger charge is -2.13. The number of rotatable bonds is 9. The second-order valence-electron chi connectivity index (χ2n) is 7.79. The molecule has 0 bridgehead atoms. The van der Waals surface area contributed by atoms with E-state index in [-0.39, 0.29) is 22.8 Å². The fourth-order valence-corrected chi connectivity index (χ4v) is 5.38. The van der Waals surface area contributed by atoms with Crippen molar-refractivity contribution in [2.45, 2.75) is 18.2 Å². The van der Waals surface area contributed by atoms with E-state index >= 15 is 0 Å². The van der Waals surface area contributed by atoms with Crippen LogP contribution in [0.3, 0.4) is 0 Å². The second-order valence-corrected chi connectivity index (χ2v) is 10.6. The molecule has 0 spiro atoms. The van der Waals surface area contributed by atoms with Crippen molar-refractivity contribution in [2.24, 2.45) is 0 Å². The molecule has 0 unspecified atom stereocenters. The number of nitrogens with one attached hydrogen (secondary N) is 2. The zero-order valence-electron chi connectivity index (χ0n) is 19.3. The fraction of sp³-hybridized carbons (Fsp3) is 0.154. The third-order valence-electron chi connectivity index (χ3n) is 5.30. The third kappa shape index (κ3) is 6.13. The molecule has 4 rings (SSSR count). The number of hydrogen-bond donors (Lipinski definition) is 2. The highest BCUT2D eigenvalue weighted by molar-refractivity contribution is 7.89. The normalized spacial score (nSPS) is 11.3. The molecular weight excluding hydrogens is 482 g/mol. The van der Waals surface area contributed by atoms with Crippen LogP contribution in [0.5, 0.6) is 5.75 Å². The first-order valence-electron chi connectivity index (χ1n) is 10.9. The molecule has 4 aromatic rings. The number of anilines is 1. The summed E-state index contributed by atoms with van der Waals surface area (Å²) < 4.78 is 33.9. The highest BCUT2D eigenvalue weighted by atomic mass is 32.2. The number of benzene rings is 3. The van der Waals surface area contributed by atoms with Gasteiger partial charge < -0.3 is 10.1 Å². The van der Waals surface area contributed by atoms with E-state index in [9.17, 15) is 13.2 Å². The molecule has 1 amide bonds. The highest BCUT2D eigenvalue weighted by Gasteiger charge is 2.21. The minimum Gasteiger partial charge on any atom is -0.495 e. The van der Waals surface area contributed by atoms with Crippen LogP contribution in [0.4, 0.5) is 5.69 Å². The lowest BCUT2D eigenvalue weighted by molar-refractivity contribution is 0.102. The lowest BCUT2D eigenvalue weighted by Crippen LogP contribution is -2.27. The Morgan fingerprint density at radius 1 is 1.03 bits per heavy atom. The number of methoxy groups -OCH3 is 1. The van der Waals surface area contributed by atoms with Gasteiger partial charge in [0.15, 0.2) is 0 Å². The van der Waals surface area contributed by atoms with Gasteiger partial charge in [-0.1, -0.05) is 42.5 Å². The van der Waals surface area contributed by atoms with Gasteiger partial charge in [-0.2, -0.15) is 0 Å². The molecular formula is C26H25N3O4S2. The van der Waals surface area contributed by atoms with E-state index in [1.54, 1.807) is 17.4 Å². The molecule has 35 heavy (non-hydrogen) atoms. The molecule has 0 atom stereocenters. The first-order chi connectivity index (χ1) is 16.9. The molecule has 3 aromatic carbocycles. The molecule has 2 N–H and O–H groups in total. The Morgan fingerprint density at radius 2 is 1.83 bits per heavy atom. The monoisotopic (exact) mass is 507 g/mol. The minimum atomic E-state index is -3.90. The van der Waals surface area contributed by atoms with Crippen molar-refractivity contribution in [3.8, 4) is 17.0 Å². The van der Waals surface area contributed by atoms with E-state index in [0.717, 1.165) is 21.8 Å². The van der Waals surface area contributed by atoms with Gasteiger partial charge in [-0.15, -0.1) is 11.3 Å². The van der Waals surface area contributed by atoms with E-state index in [0.29, 0.717) is 12.1 Å². The Labute approximate surface area is 208 Å². The Balaban J connectivity index is 1.51. The summed E-state index contributed by atoms with van der Waals surface area (Å²) in [7, 11) is -2.51. The summed E-state index contributed by atoms with van der Waals surface area (Å²) in [4.78, 5) is 17.4. The van der Waals surface area contributed by atoms with E-state index in [1.807, 2.05) is 60.8 Å². The van der Waals surface area contributed by atoms with Gasteiger partial charge in [-0.25, -0.2) is 18.1 Å². The maximum absolute atomic E-state index is 13.0. The second kappa shape index (κ2) is 10.8. The molecule has 0 radical (unpaired) electrons. The third-order valence-corrected chi connectivity index (χ3v) is 7.55. The van der Waals surface area contributed by atoms with E-state index in [4.69, 9.17) is 4.74 Å². The summed E-state index contributed by atoms with van der Waals surface area (Å²) >= 11 is 1.55. The maximum atomic E-state index is 13.0. The zero-order valence-corrected chi connectivity index (χ0v) is 20.9. The quantitative estimate of drug-likeness (QED) is 0.336. The lowest BCUT2D eigenvalue weighted by atomic mass is 10.1. The number of carbonyl (C=O) groups excluding carboxylic acids is 1. The van der Waals surface area contributed by atoms with Gasteiger partial charge in [0.25, 0.3) is 5.91 Å². The van der Waals surface area contributed by atoms with Gasteiger partial charge >= 0.3 is 0 Å². The van der Waals surface area contributed by atoms with E-state index in [1.165, 1.54) is 25.3 Å². The van der Waals surface area contributed by atoms with Crippen molar-refractivity contribution >= 4 is 33.0 Å². The van der Waals surface area contributed by atoms with Gasteiger partial charge in [0, 0.05) is 28.7 Å². The molecule has 7 nitrogen and oxygen atoms in total. The Bertz CT molecular complexity index is 1430. The number of hydrogen-bond acceptors (Lipinski definition) is 6. The van der Waals surface area contributed by atoms with Gasteiger partial charge in [-0.3, -0.25) is 4.79 Å². The number of amides is 1. The Hall–Kier alpha value is -3.53. The summed E-state index contributed by atoms with van der Waals surface area (Å²) in [6, 6.07) is 21.3. The number of ether oxygens (including phenoxy) is 1. The standard InChI is InChI=1S/C26H25N3O4S2/c1-18-28-23(17-34-18)20-9-6-10-22(15-20)29-26(30)21-11-12-24(33-2)25(16-21)35(31,32)27-14-13-19-7-4-3-5-8-19/h3-12,15-17,27H,13-14H2,1-2H3,(H,29,30). The number of aromatic nitrogens is 1. The molecule has 0 aliphatic heterocycles. The predicted molar refractivity (Wildman–Crippen MR) is 139 cm³/mol. The van der Waals surface area contributed by atoms with Crippen molar-refractivity contribution < 1.29 is 17.9 Å². The van der Waals surface area contributed by atoms with Crippen molar-refractivity contribution in [2.75, 3.05) is 19.0 Å². The van der Waals surface area contributed by atoms with Gasteiger partial charge in [0.05, 0.1) is 17.8 Å². The first kappa shape index (κ1) is 24.6. The summed E-state index contributed by atoms with van der Waals surface area (Å²) in [5.74, 6) is -0.269. The van der Waals surface area contributed by atoms with Crippen LogP contribution < -0.4 is 14.8 Å². The number of thiazole rings is 1. The highest BCUT2D eigenvalue weighted by Crippen LogP contribution is 2.27. The van der Waals surface area contributed by atoms with Crippen molar-refractivity contribution in [1.29, 1.82) is 0 Å². The molecule has 9 heteroatoms. The zero-order chi connectivity index (χ0) is 24.8. The van der Waals surface area contributed by atoms with Crippen LogP contribution in [0, 0.1) is 6.92 Å². The van der Waals surface area contributed by atoms with Gasteiger partial charge in [0.1, 0.15) is 10.6 Å². The number of sulfonamides is 1. The molecule has 1 heterocycles. The average molecular weight is 508 g/mol. The Kier molecular flexibility index (Phi) is 7.60. The smallest absolute Gasteiger partial charge is 0.255 e. The molecule has 0 saturated carbocycles. The number of nitrogens with zero attached hydrogens (tertiary/aromatic N) is 1. The van der Waals surface area contributed by atoms with Crippen LogP contribution >= 0.6 is 11.3 Å². The van der Waals surface area contributed by atoms with Crippen LogP contribution in [0.1, 0.15) is 20.9 Å². The SMILES string of the molecule is COc1ccc(C(=O)Nc2cccc(-c3csc(C)n3)c2)cc1S(=O)(=O)NCCc1ccccc1. The van der Waals surface area contributed by atoms with Crippen LogP contribution in [0.15, 0.2) is 83.1 Å². The van der Waals surface area contributed by atoms with Crippen molar-refractivity contribution in [3.63, 3.8) is 0 Å². The largest absolute Gasteiger partial charge is 0.495 e. The maximum Gasteiger partial charge on any atom is 0.255 e. The van der Waals surface area contributed by atoms with E-state index in [2.05, 4.69) is 15.0 Å². The molecule has 0 saturated heterocycles. The van der Waals surface area contributed by atoms with Crippen molar-refractivity contribution in [3.05, 3.63) is 94.3 Å². The fourth-order valence-electron chi connectivity index (χ4n) is 3.54. The minimum absolute atomic E-state index is 0.0904. The predicted octanol–water partition coefficient (Wildman–Crippen LogP) is 4.90. The van der Waals surface area contributed by atoms with Crippen molar-refractivity contribution in [1.82, 2.24) is 9.71 Å². The molecule has 1 aromatic heterocycles. The van der Waals surface area contributed by atoms with E-state index < -0.39 is 15.9 Å². The van der Waals surface area contributed by atoms with Crippen LogP contribution in [0.2, 0.25) is 0 Å². The summed E-state index contributed by atoms with van der Waals surface area (Å²) in [6.07, 6.45) is 0.539. The van der Waals surface area contributed by atoms with Crippen LogP contribution in [-0.2, 0) is 16.4 Å². The van der Waals surface area contributed by atoms with Crippen LogP contribution in [-0.4, -0.2) is 33.0 Å². The summed E-state index contributed by atoms with van der Waals surface area (Å²) in [5, 5.41) is 5.75. The summed E-state index contributed by atoms with van der Waals surface area (Å²) in [6.45, 7) is 2.15. The number of aryl methyl sites for hydroxylation is 1. The number of carbonyl (C=O) groups is 1.